The smallest absolute Gasteiger partial charge is 0.0348 e. The van der Waals surface area contributed by atoms with Gasteiger partial charge in [-0.3, -0.25) is 0 Å². The van der Waals surface area contributed by atoms with E-state index in [2.05, 4.69) is 37.8 Å². The molecule has 0 saturated heterocycles. The van der Waals surface area contributed by atoms with Crippen LogP contribution < -0.4 is 0 Å². The Hall–Kier alpha value is -2.34. The highest BCUT2D eigenvalue weighted by atomic mass is 13.9. The fourth-order valence-electron chi connectivity index (χ4n) is 1.78. The van der Waals surface area contributed by atoms with Crippen LogP contribution in [0.15, 0.2) is 110 Å². The summed E-state index contributed by atoms with van der Waals surface area (Å²) in [6, 6.07) is 0. The lowest BCUT2D eigenvalue weighted by molar-refractivity contribution is 0.674. The van der Waals surface area contributed by atoms with Gasteiger partial charge in [-0.15, -0.1) is 0 Å². The maximum Gasteiger partial charge on any atom is -0.0348 e. The van der Waals surface area contributed by atoms with Gasteiger partial charge in [0.25, 0.3) is 0 Å². The van der Waals surface area contributed by atoms with E-state index in [1.165, 1.54) is 32.1 Å². The van der Waals surface area contributed by atoms with Crippen LogP contribution >= 0.6 is 0 Å². The third kappa shape index (κ3) is 19.7. The van der Waals surface area contributed by atoms with Crippen LogP contribution in [-0.4, -0.2) is 0 Å². The number of unbranched alkanes of at least 4 members (excludes halogenated alkanes) is 4. The van der Waals surface area contributed by atoms with Gasteiger partial charge in [-0.1, -0.05) is 136 Å². The molecule has 0 saturated carbocycles. The van der Waals surface area contributed by atoms with Gasteiger partial charge in [0.1, 0.15) is 0 Å². The second-order valence-corrected chi connectivity index (χ2v) is 5.21. The van der Waals surface area contributed by atoms with E-state index in [0.29, 0.717) is 0 Å². The van der Waals surface area contributed by atoms with Crippen molar-refractivity contribution >= 4 is 0 Å². The highest BCUT2D eigenvalue weighted by molar-refractivity contribution is 5.21. The summed E-state index contributed by atoms with van der Waals surface area (Å²) < 4.78 is 0. The van der Waals surface area contributed by atoms with E-state index >= 15 is 0 Å². The van der Waals surface area contributed by atoms with Crippen LogP contribution in [0.4, 0.5) is 0 Å². The topological polar surface area (TPSA) is 0 Å². The van der Waals surface area contributed by atoms with Crippen LogP contribution in [0.3, 0.4) is 0 Å². The minimum absolute atomic E-state index is 1.19. The second kappa shape index (κ2) is 20.7. The molecular weight excluding hydrogens is 288 g/mol. The quantitative estimate of drug-likeness (QED) is 0.242. The average Bonchev–Trinajstić information content (AvgIpc) is 2.60. The molecule has 0 unspecified atom stereocenters. The predicted molar refractivity (Wildman–Crippen MR) is 112 cm³/mol. The molecule has 0 aromatic carbocycles. The first-order valence-electron chi connectivity index (χ1n) is 8.86. The summed E-state index contributed by atoms with van der Waals surface area (Å²) >= 11 is 0. The summed E-state index contributed by atoms with van der Waals surface area (Å²) in [5.74, 6) is 0. The fraction of sp³-hybridized carbons (Fsp3) is 0.250. The van der Waals surface area contributed by atoms with Crippen molar-refractivity contribution in [1.82, 2.24) is 0 Å². The molecule has 0 bridgehead atoms. The molecule has 0 radical (unpaired) electrons. The summed E-state index contributed by atoms with van der Waals surface area (Å²) in [5, 5.41) is 0. The van der Waals surface area contributed by atoms with Crippen molar-refractivity contribution in [3.05, 3.63) is 110 Å². The standard InChI is InChI=1S/C24H32/c1-3-5-7-9-11-13-15-17-19-21-23-24-22-20-18-16-14-12-10-8-6-4-2/h3,5,7,9,11,13-24H,1,4,6,8,10,12H2,2H3. The molecule has 0 spiro atoms. The Morgan fingerprint density at radius 2 is 0.917 bits per heavy atom. The molecule has 0 aromatic rings. The molecule has 128 valence electrons. The van der Waals surface area contributed by atoms with Gasteiger partial charge in [0, 0.05) is 0 Å². The minimum atomic E-state index is 1.19. The van der Waals surface area contributed by atoms with Crippen molar-refractivity contribution in [3.63, 3.8) is 0 Å². The first-order chi connectivity index (χ1) is 11.9. The predicted octanol–water partition coefficient (Wildman–Crippen LogP) is 7.59. The van der Waals surface area contributed by atoms with Gasteiger partial charge in [-0.2, -0.15) is 0 Å². The Kier molecular flexibility index (Phi) is 18.6. The van der Waals surface area contributed by atoms with Crippen LogP contribution in [0, 0.1) is 0 Å². The first-order valence-corrected chi connectivity index (χ1v) is 8.86. The van der Waals surface area contributed by atoms with Gasteiger partial charge >= 0.3 is 0 Å². The molecular formula is C24H32. The van der Waals surface area contributed by atoms with E-state index in [4.69, 9.17) is 0 Å². The average molecular weight is 321 g/mol. The molecule has 0 fully saturated rings. The van der Waals surface area contributed by atoms with Crippen molar-refractivity contribution in [2.24, 2.45) is 0 Å². The maximum atomic E-state index is 3.61. The monoisotopic (exact) mass is 320 g/mol. The number of hydrogen-bond donors (Lipinski definition) is 0. The summed E-state index contributed by atoms with van der Waals surface area (Å²) in [7, 11) is 0. The molecule has 0 atom stereocenters. The van der Waals surface area contributed by atoms with Crippen molar-refractivity contribution in [3.8, 4) is 0 Å². The van der Waals surface area contributed by atoms with E-state index in [9.17, 15) is 0 Å². The molecule has 24 heavy (non-hydrogen) atoms. The molecule has 0 aromatic heterocycles. The van der Waals surface area contributed by atoms with Crippen LogP contribution in [0.2, 0.25) is 0 Å². The molecule has 0 heteroatoms. The Bertz CT molecular complexity index is 502. The molecule has 0 nitrogen and oxygen atoms in total. The third-order valence-electron chi connectivity index (χ3n) is 3.05. The second-order valence-electron chi connectivity index (χ2n) is 5.21. The first kappa shape index (κ1) is 21.7. The van der Waals surface area contributed by atoms with E-state index in [0.717, 1.165) is 0 Å². The van der Waals surface area contributed by atoms with Crippen molar-refractivity contribution in [2.75, 3.05) is 0 Å². The Labute approximate surface area is 149 Å². The van der Waals surface area contributed by atoms with Gasteiger partial charge in [0.05, 0.1) is 0 Å². The normalized spacial score (nSPS) is 13.7. The molecule has 0 rings (SSSR count). The maximum absolute atomic E-state index is 3.61. The minimum Gasteiger partial charge on any atom is -0.0991 e. The molecule has 0 heterocycles. The van der Waals surface area contributed by atoms with E-state index < -0.39 is 0 Å². The highest BCUT2D eigenvalue weighted by Gasteiger charge is 1.82. The van der Waals surface area contributed by atoms with E-state index in [-0.39, 0.29) is 0 Å². The van der Waals surface area contributed by atoms with Gasteiger partial charge in [0.15, 0.2) is 0 Å². The van der Waals surface area contributed by atoms with Gasteiger partial charge < -0.3 is 0 Å². The summed E-state index contributed by atoms with van der Waals surface area (Å²) in [5.41, 5.74) is 0. The lowest BCUT2D eigenvalue weighted by Crippen LogP contribution is -1.72. The van der Waals surface area contributed by atoms with Gasteiger partial charge in [0.2, 0.25) is 0 Å². The zero-order valence-electron chi connectivity index (χ0n) is 15.1. The van der Waals surface area contributed by atoms with Crippen molar-refractivity contribution in [2.45, 2.75) is 39.0 Å². The van der Waals surface area contributed by atoms with E-state index in [1.807, 2.05) is 72.9 Å². The van der Waals surface area contributed by atoms with Gasteiger partial charge in [-0.25, -0.2) is 0 Å². The molecule has 0 N–H and O–H groups in total. The molecule has 0 amide bonds. The summed E-state index contributed by atoms with van der Waals surface area (Å²) in [4.78, 5) is 0. The van der Waals surface area contributed by atoms with Crippen LogP contribution in [0.1, 0.15) is 39.0 Å². The molecule has 0 aliphatic carbocycles. The lowest BCUT2D eigenvalue weighted by atomic mass is 10.1. The number of rotatable bonds is 13. The SMILES string of the molecule is C=CC=CC=CC=CC=CC=CC=CC=CC=CCCCCCC. The Morgan fingerprint density at radius 1 is 0.500 bits per heavy atom. The number of allylic oxidation sites excluding steroid dienone is 17. The zero-order valence-corrected chi connectivity index (χ0v) is 15.1. The third-order valence-corrected chi connectivity index (χ3v) is 3.05. The summed E-state index contributed by atoms with van der Waals surface area (Å²) in [6.07, 6.45) is 40.6. The van der Waals surface area contributed by atoms with E-state index in [1.54, 1.807) is 6.08 Å². The number of hydrogen-bond acceptors (Lipinski definition) is 0. The highest BCUT2D eigenvalue weighted by Crippen LogP contribution is 2.02. The van der Waals surface area contributed by atoms with Crippen molar-refractivity contribution in [1.29, 1.82) is 0 Å². The fourth-order valence-corrected chi connectivity index (χ4v) is 1.78. The summed E-state index contributed by atoms with van der Waals surface area (Å²) in [6.45, 7) is 5.85. The molecule has 0 aliphatic rings. The van der Waals surface area contributed by atoms with Crippen LogP contribution in [0.25, 0.3) is 0 Å². The van der Waals surface area contributed by atoms with Crippen LogP contribution in [-0.2, 0) is 0 Å². The van der Waals surface area contributed by atoms with Crippen molar-refractivity contribution < 1.29 is 0 Å². The molecule has 0 aliphatic heterocycles. The Balaban J connectivity index is 3.74. The Morgan fingerprint density at radius 3 is 1.33 bits per heavy atom. The zero-order chi connectivity index (χ0) is 17.6. The van der Waals surface area contributed by atoms with Gasteiger partial charge in [-0.05, 0) is 12.8 Å². The lowest BCUT2D eigenvalue weighted by Gasteiger charge is -1.92. The van der Waals surface area contributed by atoms with Crippen LogP contribution in [0.5, 0.6) is 0 Å². The largest absolute Gasteiger partial charge is 0.0991 e.